The number of thiophene rings is 1. The van der Waals surface area contributed by atoms with Gasteiger partial charge in [0.05, 0.1) is 9.77 Å². The average molecular weight is 409 g/mol. The number of hydrogen-bond donors (Lipinski definition) is 3. The first-order chi connectivity index (χ1) is 13.6. The molecule has 4 aromatic rings. The van der Waals surface area contributed by atoms with Crippen molar-refractivity contribution in [1.29, 1.82) is 0 Å². The van der Waals surface area contributed by atoms with E-state index in [1.165, 1.54) is 11.3 Å². The fraction of sp³-hybridized carbons (Fsp3) is 0. The maximum atomic E-state index is 12.7. The van der Waals surface area contributed by atoms with Crippen LogP contribution in [0.1, 0.15) is 9.67 Å². The van der Waals surface area contributed by atoms with Gasteiger partial charge >= 0.3 is 0 Å². The molecule has 0 aliphatic rings. The number of carbonyl (C=O) groups excluding carboxylic acids is 1. The molecule has 7 heteroatoms. The number of hydroxylamine groups is 1. The molecule has 3 aromatic carbocycles. The molecule has 0 fully saturated rings. The van der Waals surface area contributed by atoms with Gasteiger partial charge in [0.15, 0.2) is 0 Å². The van der Waals surface area contributed by atoms with Gasteiger partial charge in [0, 0.05) is 10.4 Å². The van der Waals surface area contributed by atoms with Gasteiger partial charge in [-0.2, -0.15) is 0 Å². The standard InChI is InChI=1S/C21H16N2O3S2/c24-21(22-25)20-13-16-12-17(8-11-19(16)27-20)23-28(26)18-9-6-15(7-10-18)14-4-2-1-3-5-14/h1-13,23,25H,(H,22,24). The lowest BCUT2D eigenvalue weighted by Crippen LogP contribution is -2.16. The Kier molecular flexibility index (Phi) is 5.21. The van der Waals surface area contributed by atoms with Crippen molar-refractivity contribution >= 4 is 44.0 Å². The first kappa shape index (κ1) is 18.4. The minimum atomic E-state index is -1.41. The molecule has 0 bridgehead atoms. The molecule has 3 N–H and O–H groups in total. The van der Waals surface area contributed by atoms with Gasteiger partial charge in [-0.15, -0.1) is 11.3 Å². The first-order valence-corrected chi connectivity index (χ1v) is 10.4. The van der Waals surface area contributed by atoms with Gasteiger partial charge in [0.1, 0.15) is 11.0 Å². The molecule has 0 aliphatic heterocycles. The molecule has 0 saturated carbocycles. The minimum Gasteiger partial charge on any atom is -0.301 e. The number of nitrogens with one attached hydrogen (secondary N) is 2. The van der Waals surface area contributed by atoms with E-state index in [1.54, 1.807) is 11.5 Å². The topological polar surface area (TPSA) is 78.4 Å². The Morgan fingerprint density at radius 3 is 2.32 bits per heavy atom. The van der Waals surface area contributed by atoms with Gasteiger partial charge in [0.2, 0.25) is 0 Å². The minimum absolute atomic E-state index is 0.410. The molecule has 0 saturated heterocycles. The molecule has 1 heterocycles. The highest BCUT2D eigenvalue weighted by Crippen LogP contribution is 2.29. The predicted molar refractivity (Wildman–Crippen MR) is 113 cm³/mol. The lowest BCUT2D eigenvalue weighted by Gasteiger charge is -2.07. The molecular weight excluding hydrogens is 392 g/mol. The summed E-state index contributed by atoms with van der Waals surface area (Å²) < 4.78 is 16.6. The summed E-state index contributed by atoms with van der Waals surface area (Å²) in [5, 5.41) is 9.60. The van der Waals surface area contributed by atoms with Crippen molar-refractivity contribution in [3.63, 3.8) is 0 Å². The number of amides is 1. The summed E-state index contributed by atoms with van der Waals surface area (Å²) in [6.45, 7) is 0. The molecule has 5 nitrogen and oxygen atoms in total. The van der Waals surface area contributed by atoms with Crippen molar-refractivity contribution in [3.05, 3.63) is 83.7 Å². The van der Waals surface area contributed by atoms with Gasteiger partial charge in [-0.25, -0.2) is 9.69 Å². The maximum absolute atomic E-state index is 12.7. The van der Waals surface area contributed by atoms with Crippen molar-refractivity contribution in [3.8, 4) is 11.1 Å². The Labute approximate surface area is 168 Å². The van der Waals surface area contributed by atoms with E-state index in [1.807, 2.05) is 72.8 Å². The summed E-state index contributed by atoms with van der Waals surface area (Å²) >= 11 is 1.28. The molecule has 1 amide bonds. The van der Waals surface area contributed by atoms with Crippen molar-refractivity contribution in [2.45, 2.75) is 4.90 Å². The quantitative estimate of drug-likeness (QED) is 0.327. The fourth-order valence-electron chi connectivity index (χ4n) is 2.84. The molecule has 0 radical (unpaired) electrons. The second-order valence-electron chi connectivity index (χ2n) is 6.07. The zero-order valence-electron chi connectivity index (χ0n) is 14.6. The zero-order valence-corrected chi connectivity index (χ0v) is 16.2. The highest BCUT2D eigenvalue weighted by atomic mass is 32.2. The third-order valence-electron chi connectivity index (χ3n) is 4.23. The Morgan fingerprint density at radius 1 is 0.893 bits per heavy atom. The van der Waals surface area contributed by atoms with Crippen LogP contribution >= 0.6 is 11.3 Å². The van der Waals surface area contributed by atoms with Crippen molar-refractivity contribution in [2.24, 2.45) is 0 Å². The van der Waals surface area contributed by atoms with Gasteiger partial charge in [-0.3, -0.25) is 10.0 Å². The molecule has 0 aliphatic carbocycles. The summed E-state index contributed by atoms with van der Waals surface area (Å²) in [4.78, 5) is 12.6. The van der Waals surface area contributed by atoms with Crippen LogP contribution in [-0.4, -0.2) is 15.3 Å². The maximum Gasteiger partial charge on any atom is 0.284 e. The van der Waals surface area contributed by atoms with E-state index in [4.69, 9.17) is 5.21 Å². The first-order valence-electron chi connectivity index (χ1n) is 8.46. The van der Waals surface area contributed by atoms with E-state index in [0.29, 0.717) is 15.5 Å². The second kappa shape index (κ2) is 7.93. The smallest absolute Gasteiger partial charge is 0.284 e. The summed E-state index contributed by atoms with van der Waals surface area (Å²) in [7, 11) is -1.41. The highest BCUT2D eigenvalue weighted by Gasteiger charge is 2.11. The summed E-state index contributed by atoms with van der Waals surface area (Å²) in [6.07, 6.45) is 0. The Hall–Kier alpha value is -3.00. The molecule has 1 aromatic heterocycles. The third kappa shape index (κ3) is 3.82. The average Bonchev–Trinajstić information content (AvgIpc) is 3.17. The molecule has 1 unspecified atom stereocenters. The van der Waals surface area contributed by atoms with E-state index in [-0.39, 0.29) is 0 Å². The SMILES string of the molecule is O=C(NO)c1cc2cc(NS(=O)c3ccc(-c4ccccc4)cc3)ccc2s1. The van der Waals surface area contributed by atoms with Crippen LogP contribution in [0.5, 0.6) is 0 Å². The van der Waals surface area contributed by atoms with Crippen LogP contribution in [0.4, 0.5) is 5.69 Å². The van der Waals surface area contributed by atoms with E-state index >= 15 is 0 Å². The molecular formula is C21H16N2O3S2. The zero-order chi connectivity index (χ0) is 19.5. The predicted octanol–water partition coefficient (Wildman–Crippen LogP) is 4.82. The van der Waals surface area contributed by atoms with E-state index in [0.717, 1.165) is 21.2 Å². The number of carbonyl (C=O) groups is 1. The van der Waals surface area contributed by atoms with Crippen LogP contribution in [0.25, 0.3) is 21.2 Å². The van der Waals surface area contributed by atoms with Crippen LogP contribution in [0, 0.1) is 0 Å². The Morgan fingerprint density at radius 2 is 1.61 bits per heavy atom. The van der Waals surface area contributed by atoms with E-state index in [2.05, 4.69) is 4.72 Å². The number of rotatable bonds is 5. The number of hydrogen-bond acceptors (Lipinski definition) is 4. The number of benzene rings is 3. The fourth-order valence-corrected chi connectivity index (χ4v) is 4.62. The van der Waals surface area contributed by atoms with Crippen molar-refractivity contribution < 1.29 is 14.2 Å². The molecule has 0 spiro atoms. The Balaban J connectivity index is 1.52. The number of fused-ring (bicyclic) bond motifs is 1. The van der Waals surface area contributed by atoms with Crippen LogP contribution in [0.15, 0.2) is 83.8 Å². The van der Waals surface area contributed by atoms with Crippen LogP contribution < -0.4 is 10.2 Å². The monoisotopic (exact) mass is 408 g/mol. The molecule has 140 valence electrons. The molecule has 4 rings (SSSR count). The summed E-state index contributed by atoms with van der Waals surface area (Å²) in [5.41, 5.74) is 4.50. The lowest BCUT2D eigenvalue weighted by atomic mass is 10.1. The van der Waals surface area contributed by atoms with Gasteiger partial charge < -0.3 is 4.72 Å². The van der Waals surface area contributed by atoms with Crippen LogP contribution in [0.2, 0.25) is 0 Å². The number of anilines is 1. The van der Waals surface area contributed by atoms with Crippen molar-refractivity contribution in [2.75, 3.05) is 4.72 Å². The Bertz CT molecular complexity index is 1160. The van der Waals surface area contributed by atoms with Crippen molar-refractivity contribution in [1.82, 2.24) is 5.48 Å². The second-order valence-corrected chi connectivity index (χ2v) is 8.36. The summed E-state index contributed by atoms with van der Waals surface area (Å²) in [5.74, 6) is -0.544. The van der Waals surface area contributed by atoms with Gasteiger partial charge in [-0.05, 0) is 52.9 Å². The summed E-state index contributed by atoms with van der Waals surface area (Å²) in [6, 6.07) is 24.8. The van der Waals surface area contributed by atoms with Crippen LogP contribution in [0.3, 0.4) is 0 Å². The molecule has 1 atom stereocenters. The van der Waals surface area contributed by atoms with E-state index < -0.39 is 16.9 Å². The highest BCUT2D eigenvalue weighted by molar-refractivity contribution is 7.86. The van der Waals surface area contributed by atoms with Crippen LogP contribution in [-0.2, 0) is 11.0 Å². The third-order valence-corrected chi connectivity index (χ3v) is 6.46. The lowest BCUT2D eigenvalue weighted by molar-refractivity contribution is 0.0711. The largest absolute Gasteiger partial charge is 0.301 e. The van der Waals surface area contributed by atoms with E-state index in [9.17, 15) is 9.00 Å². The normalized spacial score (nSPS) is 11.9. The van der Waals surface area contributed by atoms with Gasteiger partial charge in [0.25, 0.3) is 5.91 Å². The van der Waals surface area contributed by atoms with Gasteiger partial charge in [-0.1, -0.05) is 42.5 Å². The molecule has 28 heavy (non-hydrogen) atoms.